The van der Waals surface area contributed by atoms with Crippen molar-refractivity contribution in [3.05, 3.63) is 51.9 Å². The van der Waals surface area contributed by atoms with E-state index >= 15 is 0 Å². The van der Waals surface area contributed by atoms with E-state index < -0.39 is 5.97 Å². The molecular formula is C23H22O6. The first kappa shape index (κ1) is 19.1. The molecule has 0 unspecified atom stereocenters. The highest BCUT2D eigenvalue weighted by molar-refractivity contribution is 5.86. The first-order chi connectivity index (χ1) is 14.0. The average molecular weight is 394 g/mol. The van der Waals surface area contributed by atoms with E-state index in [4.69, 9.17) is 18.6 Å². The topological polar surface area (TPSA) is 75.0 Å². The van der Waals surface area contributed by atoms with Crippen molar-refractivity contribution < 1.29 is 23.4 Å². The Kier molecular flexibility index (Phi) is 5.01. The van der Waals surface area contributed by atoms with Crippen LogP contribution in [0.4, 0.5) is 0 Å². The molecule has 0 bridgehead atoms. The molecule has 4 rings (SSSR count). The first-order valence-electron chi connectivity index (χ1n) is 9.66. The third-order valence-corrected chi connectivity index (χ3v) is 4.92. The SMILES string of the molecule is CCc1cc2c(=O)c(-c3ccc4c(c3)OCCCO4)c(C)oc2cc1OC(C)=O. The van der Waals surface area contributed by atoms with Crippen molar-refractivity contribution in [2.24, 2.45) is 0 Å². The number of hydrogen-bond acceptors (Lipinski definition) is 6. The lowest BCUT2D eigenvalue weighted by Crippen LogP contribution is -2.10. The maximum absolute atomic E-state index is 13.3. The molecule has 6 heteroatoms. The van der Waals surface area contributed by atoms with Crippen molar-refractivity contribution in [1.29, 1.82) is 0 Å². The van der Waals surface area contributed by atoms with E-state index in [0.29, 0.717) is 64.7 Å². The highest BCUT2D eigenvalue weighted by atomic mass is 16.5. The van der Waals surface area contributed by atoms with Gasteiger partial charge in [-0.05, 0) is 42.7 Å². The summed E-state index contributed by atoms with van der Waals surface area (Å²) in [5.41, 5.74) is 2.22. The molecule has 2 aromatic carbocycles. The van der Waals surface area contributed by atoms with Crippen molar-refractivity contribution in [3.8, 4) is 28.4 Å². The Morgan fingerprint density at radius 2 is 1.86 bits per heavy atom. The van der Waals surface area contributed by atoms with Crippen molar-refractivity contribution in [2.75, 3.05) is 13.2 Å². The molecule has 0 atom stereocenters. The summed E-state index contributed by atoms with van der Waals surface area (Å²) in [6.07, 6.45) is 1.43. The summed E-state index contributed by atoms with van der Waals surface area (Å²) in [5, 5.41) is 0.450. The summed E-state index contributed by atoms with van der Waals surface area (Å²) >= 11 is 0. The Bertz CT molecular complexity index is 1160. The molecule has 0 fully saturated rings. The monoisotopic (exact) mass is 394 g/mol. The smallest absolute Gasteiger partial charge is 0.308 e. The number of carbonyl (C=O) groups excluding carboxylic acids is 1. The first-order valence-corrected chi connectivity index (χ1v) is 9.66. The van der Waals surface area contributed by atoms with Gasteiger partial charge >= 0.3 is 5.97 Å². The molecule has 1 aliphatic heterocycles. The fourth-order valence-corrected chi connectivity index (χ4v) is 3.56. The normalized spacial score (nSPS) is 13.2. The molecule has 2 heterocycles. The molecule has 0 amide bonds. The Morgan fingerprint density at radius 1 is 1.10 bits per heavy atom. The van der Waals surface area contributed by atoms with Gasteiger partial charge in [0, 0.05) is 19.4 Å². The van der Waals surface area contributed by atoms with Crippen molar-refractivity contribution in [2.45, 2.75) is 33.6 Å². The molecular weight excluding hydrogens is 372 g/mol. The molecule has 3 aromatic rings. The largest absolute Gasteiger partial charge is 0.490 e. The summed E-state index contributed by atoms with van der Waals surface area (Å²) in [6, 6.07) is 8.83. The average Bonchev–Trinajstić information content (AvgIpc) is 2.92. The number of fused-ring (bicyclic) bond motifs is 2. The highest BCUT2D eigenvalue weighted by Crippen LogP contribution is 2.35. The second-order valence-corrected chi connectivity index (χ2v) is 6.98. The third-order valence-electron chi connectivity index (χ3n) is 4.92. The Morgan fingerprint density at radius 3 is 2.59 bits per heavy atom. The zero-order valence-corrected chi connectivity index (χ0v) is 16.7. The summed E-state index contributed by atoms with van der Waals surface area (Å²) in [4.78, 5) is 24.7. The van der Waals surface area contributed by atoms with E-state index in [1.807, 2.05) is 25.1 Å². The minimum atomic E-state index is -0.415. The minimum Gasteiger partial charge on any atom is -0.490 e. The molecule has 6 nitrogen and oxygen atoms in total. The second kappa shape index (κ2) is 7.62. The van der Waals surface area contributed by atoms with Gasteiger partial charge in [-0.1, -0.05) is 13.0 Å². The van der Waals surface area contributed by atoms with Crippen LogP contribution in [-0.4, -0.2) is 19.2 Å². The fraction of sp³-hybridized carbons (Fsp3) is 0.304. The fourth-order valence-electron chi connectivity index (χ4n) is 3.56. The number of hydrogen-bond donors (Lipinski definition) is 0. The molecule has 0 spiro atoms. The molecule has 1 aliphatic rings. The number of aryl methyl sites for hydroxylation is 2. The van der Waals surface area contributed by atoms with Gasteiger partial charge in [-0.3, -0.25) is 9.59 Å². The van der Waals surface area contributed by atoms with Gasteiger partial charge in [0.05, 0.1) is 24.2 Å². The van der Waals surface area contributed by atoms with Gasteiger partial charge in [-0.15, -0.1) is 0 Å². The summed E-state index contributed by atoms with van der Waals surface area (Å²) in [5.74, 6) is 1.78. The van der Waals surface area contributed by atoms with Crippen LogP contribution < -0.4 is 19.6 Å². The lowest BCUT2D eigenvalue weighted by molar-refractivity contribution is -0.131. The second-order valence-electron chi connectivity index (χ2n) is 6.98. The van der Waals surface area contributed by atoms with E-state index in [-0.39, 0.29) is 5.43 Å². The van der Waals surface area contributed by atoms with Crippen LogP contribution in [0.15, 0.2) is 39.5 Å². The lowest BCUT2D eigenvalue weighted by atomic mass is 10.0. The quantitative estimate of drug-likeness (QED) is 0.484. The van der Waals surface area contributed by atoms with E-state index in [1.54, 1.807) is 19.1 Å². The van der Waals surface area contributed by atoms with Crippen molar-refractivity contribution >= 4 is 16.9 Å². The van der Waals surface area contributed by atoms with Gasteiger partial charge in [0.15, 0.2) is 11.5 Å². The van der Waals surface area contributed by atoms with Crippen LogP contribution in [0.5, 0.6) is 17.2 Å². The number of esters is 1. The van der Waals surface area contributed by atoms with Crippen LogP contribution in [0.25, 0.3) is 22.1 Å². The van der Waals surface area contributed by atoms with Crippen LogP contribution in [0.2, 0.25) is 0 Å². The van der Waals surface area contributed by atoms with Gasteiger partial charge in [-0.25, -0.2) is 0 Å². The van der Waals surface area contributed by atoms with Crippen LogP contribution in [0.1, 0.15) is 31.6 Å². The van der Waals surface area contributed by atoms with E-state index in [0.717, 1.165) is 12.0 Å². The number of carbonyl (C=O) groups is 1. The number of benzene rings is 2. The standard InChI is InChI=1S/C23H22O6/c1-4-15-10-17-20(12-19(15)29-14(3)24)28-13(2)22(23(17)25)16-6-7-18-21(11-16)27-9-5-8-26-18/h6-7,10-12H,4-5,8-9H2,1-3H3. The van der Waals surface area contributed by atoms with Crippen LogP contribution in [0, 0.1) is 6.92 Å². The number of ether oxygens (including phenoxy) is 3. The lowest BCUT2D eigenvalue weighted by Gasteiger charge is -2.13. The number of rotatable bonds is 3. The van der Waals surface area contributed by atoms with Gasteiger partial charge in [0.2, 0.25) is 5.43 Å². The molecule has 0 aliphatic carbocycles. The van der Waals surface area contributed by atoms with Crippen molar-refractivity contribution in [1.82, 2.24) is 0 Å². The van der Waals surface area contributed by atoms with Crippen LogP contribution >= 0.6 is 0 Å². The maximum Gasteiger partial charge on any atom is 0.308 e. The summed E-state index contributed by atoms with van der Waals surface area (Å²) < 4.78 is 22.7. The maximum atomic E-state index is 13.3. The molecule has 0 saturated carbocycles. The highest BCUT2D eigenvalue weighted by Gasteiger charge is 2.19. The van der Waals surface area contributed by atoms with Gasteiger partial charge in [0.1, 0.15) is 17.1 Å². The van der Waals surface area contributed by atoms with Crippen molar-refractivity contribution in [3.63, 3.8) is 0 Å². The van der Waals surface area contributed by atoms with E-state index in [2.05, 4.69) is 0 Å². The zero-order valence-electron chi connectivity index (χ0n) is 16.7. The van der Waals surface area contributed by atoms with Crippen LogP contribution in [-0.2, 0) is 11.2 Å². The molecule has 0 radical (unpaired) electrons. The van der Waals surface area contributed by atoms with E-state index in [9.17, 15) is 9.59 Å². The minimum absolute atomic E-state index is 0.137. The molecule has 1 aromatic heterocycles. The van der Waals surface area contributed by atoms with Gasteiger partial charge < -0.3 is 18.6 Å². The Hall–Kier alpha value is -3.28. The van der Waals surface area contributed by atoms with Gasteiger partial charge in [-0.2, -0.15) is 0 Å². The van der Waals surface area contributed by atoms with Gasteiger partial charge in [0.25, 0.3) is 0 Å². The Labute approximate surface area is 168 Å². The summed E-state index contributed by atoms with van der Waals surface area (Å²) in [6.45, 7) is 6.21. The summed E-state index contributed by atoms with van der Waals surface area (Å²) in [7, 11) is 0. The Balaban J connectivity index is 1.89. The zero-order chi connectivity index (χ0) is 20.5. The predicted molar refractivity (Wildman–Crippen MR) is 109 cm³/mol. The third kappa shape index (κ3) is 3.58. The van der Waals surface area contributed by atoms with E-state index in [1.165, 1.54) is 6.92 Å². The molecule has 29 heavy (non-hydrogen) atoms. The molecule has 150 valence electrons. The predicted octanol–water partition coefficient (Wildman–Crippen LogP) is 4.42. The molecule has 0 saturated heterocycles. The molecule has 0 N–H and O–H groups in total. The van der Waals surface area contributed by atoms with Crippen LogP contribution in [0.3, 0.4) is 0 Å².